The van der Waals surface area contributed by atoms with Crippen molar-refractivity contribution in [3.63, 3.8) is 0 Å². The molecular weight excluding hydrogens is 322 g/mol. The van der Waals surface area contributed by atoms with Gasteiger partial charge in [0.15, 0.2) is 5.82 Å². The molecule has 0 amide bonds. The number of methoxy groups -OCH3 is 1. The van der Waals surface area contributed by atoms with Gasteiger partial charge in [0, 0.05) is 10.9 Å². The molecule has 4 heteroatoms. The maximum Gasteiger partial charge on any atom is 0.160 e. The minimum Gasteiger partial charge on any atom is -0.497 e. The van der Waals surface area contributed by atoms with Crippen molar-refractivity contribution in [3.8, 4) is 17.1 Å². The highest BCUT2D eigenvalue weighted by Crippen LogP contribution is 2.28. The van der Waals surface area contributed by atoms with E-state index >= 15 is 0 Å². The average Bonchev–Trinajstić information content (AvgIpc) is 2.73. The number of aromatic nitrogens is 2. The number of nitrogens with zero attached hydrogens (tertiary/aromatic N) is 2. The summed E-state index contributed by atoms with van der Waals surface area (Å²) in [6, 6.07) is 25.4. The van der Waals surface area contributed by atoms with E-state index in [1.807, 2.05) is 78.9 Å². The second-order valence-electron chi connectivity index (χ2n) is 6.07. The van der Waals surface area contributed by atoms with Gasteiger partial charge in [0.1, 0.15) is 5.75 Å². The van der Waals surface area contributed by atoms with Crippen molar-refractivity contribution >= 4 is 10.9 Å². The molecule has 0 aliphatic rings. The first-order valence-electron chi connectivity index (χ1n) is 8.48. The SMILES string of the molecule is COc1ccc(C(N)c2nc(-c3ccccc3)nc3ccccc23)cc1. The fraction of sp³-hybridized carbons (Fsp3) is 0.0909. The van der Waals surface area contributed by atoms with Gasteiger partial charge in [-0.15, -0.1) is 0 Å². The van der Waals surface area contributed by atoms with Crippen LogP contribution in [0.3, 0.4) is 0 Å². The molecule has 0 aliphatic heterocycles. The van der Waals surface area contributed by atoms with Gasteiger partial charge in [-0.25, -0.2) is 9.97 Å². The Morgan fingerprint density at radius 1 is 0.808 bits per heavy atom. The Bertz CT molecular complexity index is 1030. The van der Waals surface area contributed by atoms with Crippen molar-refractivity contribution in [3.05, 3.63) is 90.1 Å². The van der Waals surface area contributed by atoms with E-state index in [4.69, 9.17) is 20.4 Å². The third-order valence-corrected chi connectivity index (χ3v) is 4.43. The minimum atomic E-state index is -0.351. The molecule has 4 nitrogen and oxygen atoms in total. The molecule has 1 unspecified atom stereocenters. The Morgan fingerprint density at radius 3 is 2.23 bits per heavy atom. The molecule has 0 saturated heterocycles. The van der Waals surface area contributed by atoms with Crippen molar-refractivity contribution in [1.82, 2.24) is 9.97 Å². The van der Waals surface area contributed by atoms with Crippen LogP contribution in [0.4, 0.5) is 0 Å². The third-order valence-electron chi connectivity index (χ3n) is 4.43. The van der Waals surface area contributed by atoms with Gasteiger partial charge in [-0.1, -0.05) is 60.7 Å². The summed E-state index contributed by atoms with van der Waals surface area (Å²) in [6.07, 6.45) is 0. The maximum atomic E-state index is 6.59. The lowest BCUT2D eigenvalue weighted by Crippen LogP contribution is -2.15. The normalized spacial score (nSPS) is 12.1. The summed E-state index contributed by atoms with van der Waals surface area (Å²) in [5.74, 6) is 1.49. The van der Waals surface area contributed by atoms with Crippen LogP contribution in [0.2, 0.25) is 0 Å². The lowest BCUT2D eigenvalue weighted by Gasteiger charge is -2.16. The Labute approximate surface area is 152 Å². The molecule has 0 bridgehead atoms. The summed E-state index contributed by atoms with van der Waals surface area (Å²) >= 11 is 0. The second kappa shape index (κ2) is 6.94. The van der Waals surface area contributed by atoms with Crippen LogP contribution < -0.4 is 10.5 Å². The first kappa shape index (κ1) is 16.2. The van der Waals surface area contributed by atoms with Gasteiger partial charge in [0.25, 0.3) is 0 Å². The van der Waals surface area contributed by atoms with Crippen LogP contribution in [-0.2, 0) is 0 Å². The van der Waals surface area contributed by atoms with Gasteiger partial charge < -0.3 is 10.5 Å². The molecule has 0 saturated carbocycles. The molecule has 4 rings (SSSR count). The molecule has 1 heterocycles. The highest BCUT2D eigenvalue weighted by Gasteiger charge is 2.17. The highest BCUT2D eigenvalue weighted by atomic mass is 16.5. The predicted octanol–water partition coefficient (Wildman–Crippen LogP) is 4.35. The standard InChI is InChI=1S/C22H19N3O/c1-26-17-13-11-15(12-14-17)20(23)21-18-9-5-6-10-19(18)24-22(25-21)16-7-3-2-4-8-16/h2-14,20H,23H2,1H3. The van der Waals surface area contributed by atoms with E-state index in [1.54, 1.807) is 7.11 Å². The molecule has 3 aromatic carbocycles. The molecule has 1 aromatic heterocycles. The zero-order valence-electron chi connectivity index (χ0n) is 14.5. The lowest BCUT2D eigenvalue weighted by molar-refractivity contribution is 0.414. The summed E-state index contributed by atoms with van der Waals surface area (Å²) in [6.45, 7) is 0. The zero-order chi connectivity index (χ0) is 17.9. The van der Waals surface area contributed by atoms with E-state index in [2.05, 4.69) is 0 Å². The van der Waals surface area contributed by atoms with Crippen LogP contribution in [0.5, 0.6) is 5.75 Å². The Morgan fingerprint density at radius 2 is 1.50 bits per heavy atom. The Hall–Kier alpha value is -3.24. The molecule has 0 fully saturated rings. The van der Waals surface area contributed by atoms with Crippen LogP contribution in [-0.4, -0.2) is 17.1 Å². The van der Waals surface area contributed by atoms with Crippen molar-refractivity contribution in [1.29, 1.82) is 0 Å². The van der Waals surface area contributed by atoms with Gasteiger partial charge in [0.2, 0.25) is 0 Å². The third kappa shape index (κ3) is 3.03. The van der Waals surface area contributed by atoms with Crippen molar-refractivity contribution in [2.24, 2.45) is 5.73 Å². The van der Waals surface area contributed by atoms with Crippen LogP contribution in [0.1, 0.15) is 17.3 Å². The second-order valence-corrected chi connectivity index (χ2v) is 6.07. The van der Waals surface area contributed by atoms with E-state index in [0.29, 0.717) is 5.82 Å². The van der Waals surface area contributed by atoms with E-state index in [-0.39, 0.29) is 6.04 Å². The monoisotopic (exact) mass is 341 g/mol. The van der Waals surface area contributed by atoms with Crippen LogP contribution in [0.15, 0.2) is 78.9 Å². The number of nitrogens with two attached hydrogens (primary N) is 1. The smallest absolute Gasteiger partial charge is 0.160 e. The van der Waals surface area contributed by atoms with Crippen molar-refractivity contribution in [2.45, 2.75) is 6.04 Å². The van der Waals surface area contributed by atoms with E-state index in [1.165, 1.54) is 0 Å². The van der Waals surface area contributed by atoms with Gasteiger partial charge in [-0.2, -0.15) is 0 Å². The highest BCUT2D eigenvalue weighted by molar-refractivity contribution is 5.83. The predicted molar refractivity (Wildman–Crippen MR) is 104 cm³/mol. The molecule has 0 aliphatic carbocycles. The van der Waals surface area contributed by atoms with E-state index < -0.39 is 0 Å². The largest absolute Gasteiger partial charge is 0.497 e. The van der Waals surface area contributed by atoms with Crippen molar-refractivity contribution < 1.29 is 4.74 Å². The fourth-order valence-electron chi connectivity index (χ4n) is 3.02. The van der Waals surface area contributed by atoms with Crippen molar-refractivity contribution in [2.75, 3.05) is 7.11 Å². The molecular formula is C22H19N3O. The fourth-order valence-corrected chi connectivity index (χ4v) is 3.02. The summed E-state index contributed by atoms with van der Waals surface area (Å²) in [4.78, 5) is 9.55. The average molecular weight is 341 g/mol. The summed E-state index contributed by atoms with van der Waals surface area (Å²) in [7, 11) is 1.65. The summed E-state index contributed by atoms with van der Waals surface area (Å²) < 4.78 is 5.24. The van der Waals surface area contributed by atoms with E-state index in [9.17, 15) is 0 Å². The van der Waals surface area contributed by atoms with Gasteiger partial charge >= 0.3 is 0 Å². The maximum absolute atomic E-state index is 6.59. The van der Waals surface area contributed by atoms with Crippen LogP contribution in [0.25, 0.3) is 22.3 Å². The molecule has 0 spiro atoms. The first-order valence-corrected chi connectivity index (χ1v) is 8.48. The van der Waals surface area contributed by atoms with Gasteiger partial charge in [-0.05, 0) is 23.8 Å². The summed E-state index contributed by atoms with van der Waals surface area (Å²) in [5.41, 5.74) is 10.3. The number of benzene rings is 3. The van der Waals surface area contributed by atoms with Crippen LogP contribution >= 0.6 is 0 Å². The first-order chi connectivity index (χ1) is 12.8. The zero-order valence-corrected chi connectivity index (χ0v) is 14.5. The number of hydrogen-bond donors (Lipinski definition) is 1. The van der Waals surface area contributed by atoms with E-state index in [0.717, 1.165) is 33.5 Å². The molecule has 26 heavy (non-hydrogen) atoms. The molecule has 1 atom stereocenters. The number of fused-ring (bicyclic) bond motifs is 1. The topological polar surface area (TPSA) is 61.0 Å². The molecule has 0 radical (unpaired) electrons. The van der Waals surface area contributed by atoms with Gasteiger partial charge in [0.05, 0.1) is 24.4 Å². The Kier molecular flexibility index (Phi) is 4.33. The number of ether oxygens (including phenoxy) is 1. The molecule has 4 aromatic rings. The number of hydrogen-bond acceptors (Lipinski definition) is 4. The molecule has 2 N–H and O–H groups in total. The lowest BCUT2D eigenvalue weighted by atomic mass is 10.0. The summed E-state index contributed by atoms with van der Waals surface area (Å²) in [5, 5.41) is 0.968. The van der Waals surface area contributed by atoms with Gasteiger partial charge in [-0.3, -0.25) is 0 Å². The Balaban J connectivity index is 1.86. The number of rotatable bonds is 4. The minimum absolute atomic E-state index is 0.351. The number of para-hydroxylation sites is 1. The molecule has 128 valence electrons. The van der Waals surface area contributed by atoms with Crippen LogP contribution in [0, 0.1) is 0 Å². The quantitative estimate of drug-likeness (QED) is 0.599.